The van der Waals surface area contributed by atoms with Crippen LogP contribution in [0.4, 0.5) is 11.4 Å². The highest BCUT2D eigenvalue weighted by Crippen LogP contribution is 2.47. The van der Waals surface area contributed by atoms with Gasteiger partial charge in [0.05, 0.1) is 4.88 Å². The lowest BCUT2D eigenvalue weighted by Crippen LogP contribution is -2.52. The molecule has 3 amide bonds. The highest BCUT2D eigenvalue weighted by Gasteiger charge is 2.39. The number of fused-ring (bicyclic) bond motifs is 2. The number of aromatic hydroxyl groups is 1. The Morgan fingerprint density at radius 3 is 2.29 bits per heavy atom. The summed E-state index contributed by atoms with van der Waals surface area (Å²) >= 11 is 1.63. The van der Waals surface area contributed by atoms with Crippen LogP contribution in [0.1, 0.15) is 48.0 Å². The van der Waals surface area contributed by atoms with Crippen molar-refractivity contribution in [2.45, 2.75) is 44.7 Å². The van der Waals surface area contributed by atoms with E-state index in [9.17, 15) is 19.5 Å². The number of thiophene rings is 1. The van der Waals surface area contributed by atoms with Crippen LogP contribution in [0.3, 0.4) is 0 Å². The molecular weight excluding hydrogens is 721 g/mol. The van der Waals surface area contributed by atoms with Gasteiger partial charge < -0.3 is 24.5 Å². The predicted molar refractivity (Wildman–Crippen MR) is 224 cm³/mol. The average molecular weight is 768 g/mol. The van der Waals surface area contributed by atoms with E-state index in [0.29, 0.717) is 24.4 Å². The summed E-state index contributed by atoms with van der Waals surface area (Å²) < 4.78 is 7.58. The van der Waals surface area contributed by atoms with Crippen molar-refractivity contribution in [1.29, 1.82) is 0 Å². The molecule has 1 aromatic heterocycles. The molecule has 3 saturated heterocycles. The molecule has 4 aromatic carbocycles. The third-order valence-electron chi connectivity index (χ3n) is 12.1. The van der Waals surface area contributed by atoms with Crippen molar-refractivity contribution in [3.63, 3.8) is 0 Å². The van der Waals surface area contributed by atoms with E-state index >= 15 is 0 Å². The number of benzene rings is 4. The first-order valence-corrected chi connectivity index (χ1v) is 20.7. The number of phenolic OH excluding ortho intramolecular Hbond substituents is 1. The molecule has 0 radical (unpaired) electrons. The third kappa shape index (κ3) is 7.35. The summed E-state index contributed by atoms with van der Waals surface area (Å²) in [5, 5.41) is 13.5. The van der Waals surface area contributed by atoms with E-state index < -0.39 is 6.04 Å². The molecule has 4 aliphatic heterocycles. The first-order chi connectivity index (χ1) is 27.3. The van der Waals surface area contributed by atoms with Gasteiger partial charge in [-0.25, -0.2) is 0 Å². The molecular formula is C44H46BN5O5S. The van der Waals surface area contributed by atoms with Gasteiger partial charge in [0.25, 0.3) is 5.91 Å². The van der Waals surface area contributed by atoms with Crippen LogP contribution < -0.4 is 25.3 Å². The molecule has 1 atom stereocenters. The van der Waals surface area contributed by atoms with E-state index in [1.54, 1.807) is 28.4 Å². The van der Waals surface area contributed by atoms with Gasteiger partial charge in [0, 0.05) is 79.3 Å². The minimum atomic E-state index is -0.586. The number of anilines is 2. The molecule has 10 nitrogen and oxygen atoms in total. The number of piperidine rings is 2. The second kappa shape index (κ2) is 15.3. The van der Waals surface area contributed by atoms with Gasteiger partial charge in [0.1, 0.15) is 25.4 Å². The molecule has 0 saturated carbocycles. The lowest BCUT2D eigenvalue weighted by molar-refractivity contribution is -0.136. The van der Waals surface area contributed by atoms with Gasteiger partial charge >= 0.3 is 0 Å². The summed E-state index contributed by atoms with van der Waals surface area (Å²) in [5.74, 6) is 1.81. The fourth-order valence-corrected chi connectivity index (χ4v) is 9.90. The number of nitrogens with one attached hydrogen (secondary N) is 1. The van der Waals surface area contributed by atoms with E-state index in [1.807, 2.05) is 18.2 Å². The summed E-state index contributed by atoms with van der Waals surface area (Å²) in [5.41, 5.74) is 6.29. The highest BCUT2D eigenvalue weighted by molar-refractivity contribution is 7.22. The number of piperazine rings is 1. The molecule has 56 heavy (non-hydrogen) atoms. The Bertz CT molecular complexity index is 2280. The van der Waals surface area contributed by atoms with Gasteiger partial charge in [-0.2, -0.15) is 0 Å². The Kier molecular flexibility index (Phi) is 9.93. The normalized spacial score (nSPS) is 19.5. The second-order valence-electron chi connectivity index (χ2n) is 15.7. The number of carbonyl (C=O) groups excluding carboxylic acids is 3. The fraction of sp³-hybridized carbons (Fsp3) is 0.341. The monoisotopic (exact) mass is 767 g/mol. The van der Waals surface area contributed by atoms with Crippen LogP contribution in [0.15, 0.2) is 84.9 Å². The van der Waals surface area contributed by atoms with Gasteiger partial charge in [0.15, 0.2) is 5.75 Å². The summed E-state index contributed by atoms with van der Waals surface area (Å²) in [6.45, 7) is 7.63. The van der Waals surface area contributed by atoms with Crippen LogP contribution in [0.2, 0.25) is 0 Å². The zero-order chi connectivity index (χ0) is 38.3. The van der Waals surface area contributed by atoms with Gasteiger partial charge in [-0.05, 0) is 110 Å². The number of ether oxygens (including phenoxy) is 1. The van der Waals surface area contributed by atoms with Gasteiger partial charge in [0.2, 0.25) is 11.8 Å². The van der Waals surface area contributed by atoms with Crippen molar-refractivity contribution >= 4 is 63.8 Å². The van der Waals surface area contributed by atoms with Crippen LogP contribution in [-0.2, 0) is 16.1 Å². The summed E-state index contributed by atoms with van der Waals surface area (Å²) in [6.07, 6.45) is 4.16. The van der Waals surface area contributed by atoms with E-state index in [0.717, 1.165) is 102 Å². The molecule has 5 heterocycles. The third-order valence-corrected chi connectivity index (χ3v) is 13.3. The van der Waals surface area contributed by atoms with Crippen molar-refractivity contribution in [1.82, 2.24) is 15.1 Å². The Labute approximate surface area is 332 Å². The Morgan fingerprint density at radius 1 is 0.804 bits per heavy atom. The molecule has 0 aliphatic carbocycles. The molecule has 0 bridgehead atoms. The maximum Gasteiger partial charge on any atom is 0.255 e. The molecule has 5 aromatic rings. The summed E-state index contributed by atoms with van der Waals surface area (Å²) in [7, 11) is 2.09. The first-order valence-electron chi connectivity index (χ1n) is 19.9. The minimum absolute atomic E-state index is 0.122. The summed E-state index contributed by atoms with van der Waals surface area (Å²) in [6, 6.07) is 27.9. The second-order valence-corrected chi connectivity index (χ2v) is 16.7. The number of amides is 3. The van der Waals surface area contributed by atoms with Gasteiger partial charge in [-0.15, -0.1) is 11.3 Å². The zero-order valence-electron chi connectivity index (χ0n) is 31.7. The number of phenols is 1. The highest BCUT2D eigenvalue weighted by atomic mass is 32.1. The Morgan fingerprint density at radius 2 is 1.54 bits per heavy atom. The maximum atomic E-state index is 13.1. The molecule has 9 rings (SSSR count). The van der Waals surface area contributed by atoms with Crippen LogP contribution in [-0.4, -0.2) is 92.3 Å². The molecule has 2 N–H and O–H groups in total. The quantitative estimate of drug-likeness (QED) is 0.150. The van der Waals surface area contributed by atoms with Gasteiger partial charge in [-0.3, -0.25) is 24.6 Å². The lowest BCUT2D eigenvalue weighted by Gasteiger charge is -2.38. The SMILES string of the molecule is Bc1ccc(-c2sc3cc(O)ccc3c2Oc2ccc(N3CCN(CCC4CCN(c5ccc6c(c5)CN(C5CCC(=O)NC5=O)C6=O)CC4)CC3)cc2)cc1. The number of nitrogens with zero attached hydrogens (tertiary/aromatic N) is 4. The maximum absolute atomic E-state index is 13.1. The molecule has 12 heteroatoms. The molecule has 1 unspecified atom stereocenters. The van der Waals surface area contributed by atoms with Crippen molar-refractivity contribution in [2.24, 2.45) is 5.92 Å². The van der Waals surface area contributed by atoms with Crippen molar-refractivity contribution in [3.05, 3.63) is 96.1 Å². The molecule has 0 spiro atoms. The van der Waals surface area contributed by atoms with Gasteiger partial charge in [-0.1, -0.05) is 29.7 Å². The average Bonchev–Trinajstić information content (AvgIpc) is 3.73. The number of imide groups is 1. The molecule has 286 valence electrons. The van der Waals surface area contributed by atoms with Crippen molar-refractivity contribution in [2.75, 3.05) is 55.6 Å². The van der Waals surface area contributed by atoms with E-state index in [-0.39, 0.29) is 29.9 Å². The standard InChI is InChI=1S/C44H46BN5O5S/c45-31-3-1-29(2-4-31)42-41(37-12-8-34(51)26-39(37)56-42)55-35-9-5-32(6-10-35)49-23-21-47(22-24-49)18-15-28-16-19-48(20-17-28)33-7-11-36-30(25-33)27-50(44(36)54)38-13-14-40(52)46-43(38)53/h1-12,25-26,28,38,51H,13-24,27,45H2,(H,46,52,53). The van der Waals surface area contributed by atoms with Crippen LogP contribution in [0.25, 0.3) is 20.5 Å². The topological polar surface area (TPSA) is 106 Å². The Balaban J connectivity index is 0.746. The summed E-state index contributed by atoms with van der Waals surface area (Å²) in [4.78, 5) is 47.4. The largest absolute Gasteiger partial charge is 0.508 e. The molecule has 4 aliphatic rings. The minimum Gasteiger partial charge on any atom is -0.508 e. The van der Waals surface area contributed by atoms with Crippen LogP contribution in [0.5, 0.6) is 17.2 Å². The smallest absolute Gasteiger partial charge is 0.255 e. The number of carbonyl (C=O) groups is 3. The lowest BCUT2D eigenvalue weighted by atomic mass is 9.92. The fourth-order valence-electron chi connectivity index (χ4n) is 8.73. The zero-order valence-corrected chi connectivity index (χ0v) is 32.5. The Hall–Kier alpha value is -5.33. The van der Waals surface area contributed by atoms with E-state index in [2.05, 4.69) is 82.5 Å². The molecule has 3 fully saturated rings. The van der Waals surface area contributed by atoms with Crippen LogP contribution in [0, 0.1) is 5.92 Å². The predicted octanol–water partition coefficient (Wildman–Crippen LogP) is 5.51. The van der Waals surface area contributed by atoms with Crippen molar-refractivity contribution < 1.29 is 24.2 Å². The number of rotatable bonds is 9. The van der Waals surface area contributed by atoms with E-state index in [4.69, 9.17) is 4.74 Å². The van der Waals surface area contributed by atoms with Crippen molar-refractivity contribution in [3.8, 4) is 27.7 Å². The number of hydrogen-bond acceptors (Lipinski definition) is 9. The van der Waals surface area contributed by atoms with E-state index in [1.165, 1.54) is 17.6 Å². The first kappa shape index (κ1) is 36.3. The number of hydrogen-bond donors (Lipinski definition) is 2. The van der Waals surface area contributed by atoms with Crippen LogP contribution >= 0.6 is 11.3 Å².